The van der Waals surface area contributed by atoms with Gasteiger partial charge < -0.3 is 15.0 Å². The molecular formula is C16H20N2O3. The number of hydrogen-bond donors (Lipinski definition) is 1. The second-order valence-electron chi connectivity index (χ2n) is 5.75. The maximum atomic E-state index is 12.3. The van der Waals surface area contributed by atoms with Gasteiger partial charge in [-0.25, -0.2) is 0 Å². The van der Waals surface area contributed by atoms with Crippen molar-refractivity contribution in [1.82, 2.24) is 10.2 Å². The van der Waals surface area contributed by atoms with E-state index >= 15 is 0 Å². The van der Waals surface area contributed by atoms with Crippen molar-refractivity contribution in [2.45, 2.75) is 25.3 Å². The Balaban J connectivity index is 1.55. The summed E-state index contributed by atoms with van der Waals surface area (Å²) < 4.78 is 5.30. The highest BCUT2D eigenvalue weighted by Crippen LogP contribution is 2.26. The number of methoxy groups -OCH3 is 1. The molecule has 2 amide bonds. The molecule has 5 nitrogen and oxygen atoms in total. The predicted molar refractivity (Wildman–Crippen MR) is 77.9 cm³/mol. The number of aryl methyl sites for hydroxylation is 1. The third-order valence-electron chi connectivity index (χ3n) is 4.39. The lowest BCUT2D eigenvalue weighted by Crippen LogP contribution is -2.35. The lowest BCUT2D eigenvalue weighted by atomic mass is 10.1. The maximum Gasteiger partial charge on any atom is 0.222 e. The molecule has 112 valence electrons. The molecule has 5 heteroatoms. The predicted octanol–water partition coefficient (Wildman–Crippen LogP) is 0.975. The average molecular weight is 288 g/mol. The zero-order valence-corrected chi connectivity index (χ0v) is 12.2. The molecule has 0 saturated carbocycles. The SMILES string of the molecule is COc1ccccc1CCC(=O)N1C[C@@H]2CC(=O)N[C@@H]2C1. The third kappa shape index (κ3) is 2.86. The first-order chi connectivity index (χ1) is 10.2. The Kier molecular flexibility index (Phi) is 3.82. The van der Waals surface area contributed by atoms with Crippen molar-refractivity contribution in [3.8, 4) is 5.75 Å². The molecule has 1 aromatic rings. The van der Waals surface area contributed by atoms with Crippen molar-refractivity contribution in [2.24, 2.45) is 5.92 Å². The molecule has 2 fully saturated rings. The van der Waals surface area contributed by atoms with Crippen LogP contribution in [0.15, 0.2) is 24.3 Å². The van der Waals surface area contributed by atoms with Crippen LogP contribution in [0.5, 0.6) is 5.75 Å². The minimum Gasteiger partial charge on any atom is -0.496 e. The fourth-order valence-corrected chi connectivity index (χ4v) is 3.26. The molecule has 0 bridgehead atoms. The van der Waals surface area contributed by atoms with Gasteiger partial charge in [0.2, 0.25) is 11.8 Å². The Labute approximate surface area is 124 Å². The Morgan fingerprint density at radius 3 is 2.95 bits per heavy atom. The number of fused-ring (bicyclic) bond motifs is 1. The van der Waals surface area contributed by atoms with Gasteiger partial charge in [-0.15, -0.1) is 0 Å². The largest absolute Gasteiger partial charge is 0.496 e. The minimum absolute atomic E-state index is 0.117. The fourth-order valence-electron chi connectivity index (χ4n) is 3.26. The van der Waals surface area contributed by atoms with Crippen molar-refractivity contribution in [2.75, 3.05) is 20.2 Å². The van der Waals surface area contributed by atoms with Gasteiger partial charge in [0.05, 0.1) is 13.2 Å². The van der Waals surface area contributed by atoms with Crippen molar-refractivity contribution in [3.05, 3.63) is 29.8 Å². The molecule has 2 heterocycles. The number of nitrogens with zero attached hydrogens (tertiary/aromatic N) is 1. The molecule has 0 spiro atoms. The summed E-state index contributed by atoms with van der Waals surface area (Å²) in [5.74, 6) is 1.40. The zero-order chi connectivity index (χ0) is 14.8. The second kappa shape index (κ2) is 5.76. The van der Waals surface area contributed by atoms with Crippen LogP contribution in [0.2, 0.25) is 0 Å². The molecule has 2 aliphatic rings. The van der Waals surface area contributed by atoms with Gasteiger partial charge in [-0.1, -0.05) is 18.2 Å². The second-order valence-corrected chi connectivity index (χ2v) is 5.75. The summed E-state index contributed by atoms with van der Waals surface area (Å²) in [6.07, 6.45) is 1.72. The Bertz CT molecular complexity index is 542. The van der Waals surface area contributed by atoms with Crippen LogP contribution in [0.4, 0.5) is 0 Å². The van der Waals surface area contributed by atoms with Crippen LogP contribution in [0.1, 0.15) is 18.4 Å². The summed E-state index contributed by atoms with van der Waals surface area (Å²) in [6, 6.07) is 7.94. The number of rotatable bonds is 4. The number of ether oxygens (including phenoxy) is 1. The first-order valence-corrected chi connectivity index (χ1v) is 7.36. The van der Waals surface area contributed by atoms with Crippen LogP contribution in [-0.2, 0) is 16.0 Å². The number of nitrogens with one attached hydrogen (secondary N) is 1. The van der Waals surface area contributed by atoms with E-state index < -0.39 is 0 Å². The van der Waals surface area contributed by atoms with Crippen molar-refractivity contribution >= 4 is 11.8 Å². The van der Waals surface area contributed by atoms with Gasteiger partial charge in [-0.2, -0.15) is 0 Å². The summed E-state index contributed by atoms with van der Waals surface area (Å²) in [7, 11) is 1.64. The summed E-state index contributed by atoms with van der Waals surface area (Å²) in [6.45, 7) is 1.36. The molecule has 3 rings (SSSR count). The van der Waals surface area contributed by atoms with Crippen LogP contribution < -0.4 is 10.1 Å². The molecule has 1 aromatic carbocycles. The first kappa shape index (κ1) is 13.9. The summed E-state index contributed by atoms with van der Waals surface area (Å²) in [4.78, 5) is 25.5. The molecule has 0 aliphatic carbocycles. The summed E-state index contributed by atoms with van der Waals surface area (Å²) in [5, 5.41) is 2.94. The van der Waals surface area contributed by atoms with Crippen LogP contribution in [0.3, 0.4) is 0 Å². The van der Waals surface area contributed by atoms with E-state index in [0.29, 0.717) is 38.3 Å². The van der Waals surface area contributed by atoms with E-state index in [0.717, 1.165) is 11.3 Å². The number of para-hydroxylation sites is 1. The lowest BCUT2D eigenvalue weighted by molar-refractivity contribution is -0.131. The molecule has 0 unspecified atom stereocenters. The Hall–Kier alpha value is -2.04. The average Bonchev–Trinajstić information content (AvgIpc) is 3.02. The van der Waals surface area contributed by atoms with Gasteiger partial charge >= 0.3 is 0 Å². The van der Waals surface area contributed by atoms with Crippen LogP contribution in [0.25, 0.3) is 0 Å². The van der Waals surface area contributed by atoms with Gasteiger partial charge in [-0.3, -0.25) is 9.59 Å². The van der Waals surface area contributed by atoms with E-state index in [1.165, 1.54) is 0 Å². The number of benzene rings is 1. The molecule has 2 saturated heterocycles. The first-order valence-electron chi connectivity index (χ1n) is 7.36. The Morgan fingerprint density at radius 1 is 1.38 bits per heavy atom. The molecule has 2 aliphatic heterocycles. The van der Waals surface area contributed by atoms with E-state index in [9.17, 15) is 9.59 Å². The van der Waals surface area contributed by atoms with Crippen LogP contribution in [0, 0.1) is 5.92 Å². The molecule has 0 radical (unpaired) electrons. The summed E-state index contributed by atoms with van der Waals surface area (Å²) >= 11 is 0. The smallest absolute Gasteiger partial charge is 0.222 e. The quantitative estimate of drug-likeness (QED) is 0.898. The van der Waals surface area contributed by atoms with E-state index in [4.69, 9.17) is 4.74 Å². The minimum atomic E-state index is 0.117. The van der Waals surface area contributed by atoms with Gasteiger partial charge in [0.15, 0.2) is 0 Å². The highest BCUT2D eigenvalue weighted by atomic mass is 16.5. The van der Waals surface area contributed by atoms with Crippen molar-refractivity contribution in [3.63, 3.8) is 0 Å². The number of amides is 2. The zero-order valence-electron chi connectivity index (χ0n) is 12.2. The van der Waals surface area contributed by atoms with Gasteiger partial charge in [0.1, 0.15) is 5.75 Å². The molecule has 21 heavy (non-hydrogen) atoms. The van der Waals surface area contributed by atoms with Crippen molar-refractivity contribution < 1.29 is 14.3 Å². The number of carbonyl (C=O) groups excluding carboxylic acids is 2. The Morgan fingerprint density at radius 2 is 2.19 bits per heavy atom. The highest BCUT2D eigenvalue weighted by Gasteiger charge is 2.41. The van der Waals surface area contributed by atoms with Gasteiger partial charge in [-0.05, 0) is 18.1 Å². The van der Waals surface area contributed by atoms with Gasteiger partial charge in [0.25, 0.3) is 0 Å². The summed E-state index contributed by atoms with van der Waals surface area (Å²) in [5.41, 5.74) is 1.06. The van der Waals surface area contributed by atoms with Crippen LogP contribution in [-0.4, -0.2) is 43.0 Å². The monoisotopic (exact) mass is 288 g/mol. The standard InChI is InChI=1S/C16H20N2O3/c1-21-14-5-3-2-4-11(14)6-7-16(20)18-9-12-8-15(19)17-13(12)10-18/h2-5,12-13H,6-10H2,1H3,(H,17,19)/t12-,13+/m0/s1. The lowest BCUT2D eigenvalue weighted by Gasteiger charge is -2.17. The fraction of sp³-hybridized carbons (Fsp3) is 0.500. The number of likely N-dealkylation sites (tertiary alicyclic amines) is 1. The third-order valence-corrected chi connectivity index (χ3v) is 4.39. The van der Waals surface area contributed by atoms with E-state index in [1.807, 2.05) is 29.2 Å². The highest BCUT2D eigenvalue weighted by molar-refractivity contribution is 5.81. The molecule has 0 aromatic heterocycles. The molecular weight excluding hydrogens is 268 g/mol. The van der Waals surface area contributed by atoms with E-state index in [2.05, 4.69) is 5.32 Å². The maximum absolute atomic E-state index is 12.3. The number of carbonyl (C=O) groups is 2. The normalized spacial score (nSPS) is 23.9. The van der Waals surface area contributed by atoms with E-state index in [-0.39, 0.29) is 17.9 Å². The topological polar surface area (TPSA) is 58.6 Å². The van der Waals surface area contributed by atoms with E-state index in [1.54, 1.807) is 7.11 Å². The molecule has 2 atom stereocenters. The number of hydrogen-bond acceptors (Lipinski definition) is 3. The van der Waals surface area contributed by atoms with Gasteiger partial charge in [0, 0.05) is 31.8 Å². The molecule has 1 N–H and O–H groups in total. The van der Waals surface area contributed by atoms with Crippen LogP contribution >= 0.6 is 0 Å². The van der Waals surface area contributed by atoms with Crippen molar-refractivity contribution in [1.29, 1.82) is 0 Å².